The molecule has 0 unspecified atom stereocenters. The van der Waals surface area contributed by atoms with E-state index >= 15 is 0 Å². The lowest BCUT2D eigenvalue weighted by molar-refractivity contribution is 0.0574. The number of aromatic amines is 1. The third kappa shape index (κ3) is 3.24. The number of hydrogen-bond donors (Lipinski definition) is 2. The van der Waals surface area contributed by atoms with E-state index in [9.17, 15) is 9.59 Å². The van der Waals surface area contributed by atoms with Crippen LogP contribution in [0, 0.1) is 6.92 Å². The van der Waals surface area contributed by atoms with Crippen LogP contribution in [0.1, 0.15) is 39.4 Å². The van der Waals surface area contributed by atoms with E-state index in [1.54, 1.807) is 4.90 Å². The number of aromatic nitrogens is 2. The molecular weight excluding hydrogens is 310 g/mol. The number of para-hydroxylation sites is 1. The van der Waals surface area contributed by atoms with Crippen molar-refractivity contribution in [2.24, 2.45) is 0 Å². The number of benzene rings is 1. The number of likely N-dealkylation sites (tertiary alicyclic amines) is 1. The van der Waals surface area contributed by atoms with E-state index in [2.05, 4.69) is 9.97 Å². The van der Waals surface area contributed by atoms with E-state index in [1.165, 1.54) is 6.33 Å². The van der Waals surface area contributed by atoms with Crippen LogP contribution in [-0.2, 0) is 0 Å². The Kier molecular flexibility index (Phi) is 4.50. The highest BCUT2D eigenvalue weighted by Crippen LogP contribution is 2.23. The van der Waals surface area contributed by atoms with Crippen molar-refractivity contribution in [1.82, 2.24) is 14.9 Å². The van der Waals surface area contributed by atoms with Crippen molar-refractivity contribution in [3.8, 4) is 5.75 Å². The van der Waals surface area contributed by atoms with E-state index < -0.39 is 5.97 Å². The van der Waals surface area contributed by atoms with E-state index in [4.69, 9.17) is 9.84 Å². The van der Waals surface area contributed by atoms with Crippen LogP contribution in [0.15, 0.2) is 30.6 Å². The summed E-state index contributed by atoms with van der Waals surface area (Å²) in [5, 5.41) is 9.07. The molecule has 2 heterocycles. The lowest BCUT2D eigenvalue weighted by Gasteiger charge is -2.32. The Morgan fingerprint density at radius 1 is 1.29 bits per heavy atom. The van der Waals surface area contributed by atoms with Gasteiger partial charge < -0.3 is 19.7 Å². The van der Waals surface area contributed by atoms with Gasteiger partial charge in [0.05, 0.1) is 6.33 Å². The zero-order valence-corrected chi connectivity index (χ0v) is 13.4. The number of H-pyrrole nitrogens is 1. The van der Waals surface area contributed by atoms with Gasteiger partial charge in [0.1, 0.15) is 11.9 Å². The minimum Gasteiger partial charge on any atom is -0.490 e. The highest BCUT2D eigenvalue weighted by Gasteiger charge is 2.29. The summed E-state index contributed by atoms with van der Waals surface area (Å²) in [5.74, 6) is -0.681. The van der Waals surface area contributed by atoms with Gasteiger partial charge in [0.25, 0.3) is 5.91 Å². The Labute approximate surface area is 139 Å². The van der Waals surface area contributed by atoms with Gasteiger partial charge in [0, 0.05) is 25.9 Å². The molecule has 3 rings (SSSR count). The van der Waals surface area contributed by atoms with Gasteiger partial charge in [-0.05, 0) is 18.6 Å². The molecule has 0 bridgehead atoms. The quantitative estimate of drug-likeness (QED) is 0.895. The van der Waals surface area contributed by atoms with Crippen molar-refractivity contribution < 1.29 is 19.4 Å². The molecule has 24 heavy (non-hydrogen) atoms. The van der Waals surface area contributed by atoms with Crippen LogP contribution in [0.2, 0.25) is 0 Å². The summed E-state index contributed by atoms with van der Waals surface area (Å²) < 4.78 is 6.01. The molecule has 0 aliphatic carbocycles. The number of imidazole rings is 1. The third-order valence-corrected chi connectivity index (χ3v) is 4.17. The maximum Gasteiger partial charge on any atom is 0.354 e. The number of ether oxygens (including phenoxy) is 1. The predicted octanol–water partition coefficient (Wildman–Crippen LogP) is 2.10. The molecule has 0 radical (unpaired) electrons. The van der Waals surface area contributed by atoms with Gasteiger partial charge in [-0.15, -0.1) is 0 Å². The van der Waals surface area contributed by atoms with Crippen LogP contribution in [0.5, 0.6) is 5.75 Å². The minimum absolute atomic E-state index is 0.0410. The first-order valence-corrected chi connectivity index (χ1v) is 7.84. The zero-order chi connectivity index (χ0) is 17.1. The second-order valence-electron chi connectivity index (χ2n) is 5.81. The van der Waals surface area contributed by atoms with Gasteiger partial charge in [-0.1, -0.05) is 18.2 Å². The Morgan fingerprint density at radius 3 is 2.67 bits per heavy atom. The SMILES string of the molecule is Cc1ccccc1OC1CCN(C(=O)c2nc[nH]c2C(=O)O)CC1. The number of amides is 1. The van der Waals surface area contributed by atoms with Gasteiger partial charge in [-0.25, -0.2) is 9.78 Å². The molecular formula is C17H19N3O4. The molecule has 1 fully saturated rings. The molecule has 7 heteroatoms. The molecule has 7 nitrogen and oxygen atoms in total. The van der Waals surface area contributed by atoms with Gasteiger partial charge in [0.15, 0.2) is 11.4 Å². The van der Waals surface area contributed by atoms with Gasteiger partial charge in [0.2, 0.25) is 0 Å². The zero-order valence-electron chi connectivity index (χ0n) is 13.4. The van der Waals surface area contributed by atoms with Gasteiger partial charge in [-0.3, -0.25) is 4.79 Å². The monoisotopic (exact) mass is 329 g/mol. The molecule has 1 saturated heterocycles. The maximum absolute atomic E-state index is 12.4. The van der Waals surface area contributed by atoms with Crippen molar-refractivity contribution in [3.05, 3.63) is 47.5 Å². The molecule has 126 valence electrons. The molecule has 2 N–H and O–H groups in total. The average molecular weight is 329 g/mol. The number of piperidine rings is 1. The lowest BCUT2D eigenvalue weighted by Crippen LogP contribution is -2.42. The number of aryl methyl sites for hydroxylation is 1. The molecule has 0 saturated carbocycles. The van der Waals surface area contributed by atoms with Gasteiger partial charge in [-0.2, -0.15) is 0 Å². The normalized spacial score (nSPS) is 15.3. The van der Waals surface area contributed by atoms with Crippen LogP contribution >= 0.6 is 0 Å². The van der Waals surface area contributed by atoms with E-state index in [-0.39, 0.29) is 23.4 Å². The molecule has 1 aromatic heterocycles. The maximum atomic E-state index is 12.4. The number of aromatic carboxylic acids is 1. The molecule has 0 spiro atoms. The number of nitrogens with zero attached hydrogens (tertiary/aromatic N) is 2. The number of carboxylic acids is 1. The number of carbonyl (C=O) groups excluding carboxylic acids is 1. The second kappa shape index (κ2) is 6.74. The topological polar surface area (TPSA) is 95.5 Å². The van der Waals surface area contributed by atoms with E-state index in [0.29, 0.717) is 25.9 Å². The fourth-order valence-corrected chi connectivity index (χ4v) is 2.81. The Balaban J connectivity index is 1.61. The summed E-state index contributed by atoms with van der Waals surface area (Å²) in [4.78, 5) is 31.5. The fraction of sp³-hybridized carbons (Fsp3) is 0.353. The van der Waals surface area contributed by atoms with Crippen LogP contribution in [0.25, 0.3) is 0 Å². The number of carbonyl (C=O) groups is 2. The van der Waals surface area contributed by atoms with Gasteiger partial charge >= 0.3 is 5.97 Å². The van der Waals surface area contributed by atoms with Crippen LogP contribution in [-0.4, -0.2) is 51.0 Å². The Morgan fingerprint density at radius 2 is 2.00 bits per heavy atom. The summed E-state index contributed by atoms with van der Waals surface area (Å²) in [6.07, 6.45) is 2.68. The smallest absolute Gasteiger partial charge is 0.354 e. The summed E-state index contributed by atoms with van der Waals surface area (Å²) in [6, 6.07) is 7.84. The predicted molar refractivity (Wildman–Crippen MR) is 86.3 cm³/mol. The third-order valence-electron chi connectivity index (χ3n) is 4.17. The van der Waals surface area contributed by atoms with Crippen LogP contribution in [0.3, 0.4) is 0 Å². The van der Waals surface area contributed by atoms with E-state index in [0.717, 1.165) is 11.3 Å². The second-order valence-corrected chi connectivity index (χ2v) is 5.81. The number of nitrogens with one attached hydrogen (secondary N) is 1. The highest BCUT2D eigenvalue weighted by atomic mass is 16.5. The number of hydrogen-bond acceptors (Lipinski definition) is 4. The molecule has 1 aliphatic rings. The highest BCUT2D eigenvalue weighted by molar-refractivity contribution is 6.02. The molecule has 0 atom stereocenters. The average Bonchev–Trinajstić information content (AvgIpc) is 3.07. The first kappa shape index (κ1) is 16.0. The molecule has 1 aromatic carbocycles. The molecule has 2 aromatic rings. The molecule has 1 aliphatic heterocycles. The number of rotatable bonds is 4. The van der Waals surface area contributed by atoms with E-state index in [1.807, 2.05) is 31.2 Å². The van der Waals surface area contributed by atoms with Crippen LogP contribution in [0.4, 0.5) is 0 Å². The fourth-order valence-electron chi connectivity index (χ4n) is 2.81. The van der Waals surface area contributed by atoms with Crippen molar-refractivity contribution >= 4 is 11.9 Å². The largest absolute Gasteiger partial charge is 0.490 e. The first-order chi connectivity index (χ1) is 11.6. The summed E-state index contributed by atoms with van der Waals surface area (Å²) >= 11 is 0. The van der Waals surface area contributed by atoms with Crippen molar-refractivity contribution in [2.75, 3.05) is 13.1 Å². The van der Waals surface area contributed by atoms with Crippen molar-refractivity contribution in [2.45, 2.75) is 25.9 Å². The number of carboxylic acid groups (broad SMARTS) is 1. The Hall–Kier alpha value is -2.83. The minimum atomic E-state index is -1.19. The van der Waals surface area contributed by atoms with Crippen molar-refractivity contribution in [3.63, 3.8) is 0 Å². The summed E-state index contributed by atoms with van der Waals surface area (Å²) in [5.41, 5.74) is 0.873. The summed E-state index contributed by atoms with van der Waals surface area (Å²) in [7, 11) is 0. The first-order valence-electron chi connectivity index (χ1n) is 7.84. The Bertz CT molecular complexity index is 748. The lowest BCUT2D eigenvalue weighted by atomic mass is 10.1. The standard InChI is InChI=1S/C17H19N3O4/c1-11-4-2-3-5-13(11)24-12-6-8-20(9-7-12)16(21)14-15(17(22)23)19-10-18-14/h2-5,10,12H,6-9H2,1H3,(H,18,19)(H,22,23). The summed E-state index contributed by atoms with van der Waals surface area (Å²) in [6.45, 7) is 3.03. The van der Waals surface area contributed by atoms with Crippen LogP contribution < -0.4 is 4.74 Å². The molecule has 1 amide bonds. The van der Waals surface area contributed by atoms with Crippen molar-refractivity contribution in [1.29, 1.82) is 0 Å².